The van der Waals surface area contributed by atoms with Gasteiger partial charge in [-0.3, -0.25) is 0 Å². The van der Waals surface area contributed by atoms with Crippen LogP contribution in [0.4, 0.5) is 0 Å². The van der Waals surface area contributed by atoms with E-state index in [-0.39, 0.29) is 23.8 Å². The smallest absolute Gasteiger partial charge is 0.141 e. The highest BCUT2D eigenvalue weighted by Gasteiger charge is 2.15. The van der Waals surface area contributed by atoms with Crippen molar-refractivity contribution in [2.24, 2.45) is 0 Å². The zero-order valence-electron chi connectivity index (χ0n) is 12.1. The Morgan fingerprint density at radius 3 is 2.00 bits per heavy atom. The van der Waals surface area contributed by atoms with Crippen LogP contribution in [0.5, 0.6) is 11.5 Å². The number of ether oxygens (including phenoxy) is 2. The highest BCUT2D eigenvalue weighted by atomic mass is 35.5. The zero-order chi connectivity index (χ0) is 17.7. The molecule has 1 unspecified atom stereocenters. The normalized spacial score (nSPS) is 11.8. The van der Waals surface area contributed by atoms with E-state index in [9.17, 15) is 9.90 Å². The van der Waals surface area contributed by atoms with Crippen LogP contribution in [0.2, 0.25) is 20.1 Å². The summed E-state index contributed by atoms with van der Waals surface area (Å²) in [5.41, 5.74) is 0. The summed E-state index contributed by atoms with van der Waals surface area (Å²) in [4.78, 5) is 11.2. The average molecular weight is 409 g/mol. The molecule has 0 saturated carbocycles. The van der Waals surface area contributed by atoms with Gasteiger partial charge in [0.2, 0.25) is 0 Å². The SMILES string of the molecule is O=C([O-])C(CCOc1ccc(Cl)cc1Cl)Oc1ccc(Cl)cc1Cl. The maximum Gasteiger partial charge on any atom is 0.141 e. The summed E-state index contributed by atoms with van der Waals surface area (Å²) in [5.74, 6) is -0.797. The summed E-state index contributed by atoms with van der Waals surface area (Å²) in [6, 6.07) is 9.21. The molecule has 0 amide bonds. The van der Waals surface area contributed by atoms with E-state index in [0.717, 1.165) is 0 Å². The Labute approximate surface area is 158 Å². The minimum Gasteiger partial charge on any atom is -0.546 e. The number of hydrogen-bond acceptors (Lipinski definition) is 4. The predicted octanol–water partition coefficient (Wildman–Crippen LogP) is 4.27. The second-order valence-electron chi connectivity index (χ2n) is 4.71. The first-order chi connectivity index (χ1) is 11.4. The van der Waals surface area contributed by atoms with E-state index < -0.39 is 12.1 Å². The van der Waals surface area contributed by atoms with Gasteiger partial charge in [0.15, 0.2) is 0 Å². The van der Waals surface area contributed by atoms with Crippen LogP contribution in [-0.2, 0) is 4.79 Å². The number of carbonyl (C=O) groups is 1. The zero-order valence-corrected chi connectivity index (χ0v) is 15.1. The van der Waals surface area contributed by atoms with Crippen molar-refractivity contribution in [3.8, 4) is 11.5 Å². The Kier molecular flexibility index (Phi) is 6.87. The van der Waals surface area contributed by atoms with Crippen molar-refractivity contribution in [3.63, 3.8) is 0 Å². The van der Waals surface area contributed by atoms with Crippen LogP contribution in [0.1, 0.15) is 6.42 Å². The van der Waals surface area contributed by atoms with Crippen LogP contribution in [0.3, 0.4) is 0 Å². The van der Waals surface area contributed by atoms with Gasteiger partial charge in [-0.25, -0.2) is 0 Å². The highest BCUT2D eigenvalue weighted by molar-refractivity contribution is 6.36. The molecule has 24 heavy (non-hydrogen) atoms. The molecule has 2 aromatic carbocycles. The van der Waals surface area contributed by atoms with E-state index in [1.165, 1.54) is 18.2 Å². The number of benzene rings is 2. The first kappa shape index (κ1) is 19.0. The molecule has 0 saturated heterocycles. The molecule has 0 heterocycles. The largest absolute Gasteiger partial charge is 0.546 e. The van der Waals surface area contributed by atoms with Crippen LogP contribution >= 0.6 is 46.4 Å². The first-order valence-corrected chi connectivity index (χ1v) is 8.28. The molecule has 0 aromatic heterocycles. The van der Waals surface area contributed by atoms with Gasteiger partial charge in [-0.05, 0) is 36.4 Å². The van der Waals surface area contributed by atoms with E-state index in [2.05, 4.69) is 0 Å². The van der Waals surface area contributed by atoms with Gasteiger partial charge < -0.3 is 19.4 Å². The minimum absolute atomic E-state index is 0.0280. The molecular weight excluding hydrogens is 398 g/mol. The lowest BCUT2D eigenvalue weighted by molar-refractivity contribution is -0.314. The van der Waals surface area contributed by atoms with E-state index >= 15 is 0 Å². The Morgan fingerprint density at radius 1 is 0.958 bits per heavy atom. The average Bonchev–Trinajstić information content (AvgIpc) is 2.50. The lowest BCUT2D eigenvalue weighted by Crippen LogP contribution is -2.40. The van der Waals surface area contributed by atoms with Crippen LogP contribution in [-0.4, -0.2) is 18.7 Å². The number of hydrogen-bond donors (Lipinski definition) is 0. The van der Waals surface area contributed by atoms with Gasteiger partial charge in [-0.2, -0.15) is 0 Å². The van der Waals surface area contributed by atoms with Crippen molar-refractivity contribution < 1.29 is 19.4 Å². The van der Waals surface area contributed by atoms with E-state index in [1.807, 2.05) is 0 Å². The number of aliphatic carboxylic acids is 1. The number of carboxylic acids is 1. The van der Waals surface area contributed by atoms with Crippen molar-refractivity contribution in [1.29, 1.82) is 0 Å². The molecule has 0 radical (unpaired) electrons. The highest BCUT2D eigenvalue weighted by Crippen LogP contribution is 2.29. The summed E-state index contributed by atoms with van der Waals surface area (Å²) in [5, 5.41) is 12.7. The lowest BCUT2D eigenvalue weighted by atomic mass is 10.2. The van der Waals surface area contributed by atoms with Crippen molar-refractivity contribution in [3.05, 3.63) is 56.5 Å². The third-order valence-corrected chi connectivity index (χ3v) is 4.02. The Bertz CT molecular complexity index is 736. The van der Waals surface area contributed by atoms with Gasteiger partial charge in [0.1, 0.15) is 17.6 Å². The van der Waals surface area contributed by atoms with Crippen molar-refractivity contribution in [1.82, 2.24) is 0 Å². The number of carbonyl (C=O) groups excluding carboxylic acids is 1. The molecule has 128 valence electrons. The molecule has 0 N–H and O–H groups in total. The summed E-state index contributed by atoms with van der Waals surface area (Å²) in [7, 11) is 0. The fraction of sp³-hybridized carbons (Fsp3) is 0.188. The molecule has 2 rings (SSSR count). The monoisotopic (exact) mass is 407 g/mol. The second kappa shape index (κ2) is 8.67. The molecule has 4 nitrogen and oxygen atoms in total. The molecule has 0 aliphatic carbocycles. The third kappa shape index (κ3) is 5.35. The molecule has 0 bridgehead atoms. The summed E-state index contributed by atoms with van der Waals surface area (Å²) in [6.07, 6.45) is -1.21. The fourth-order valence-corrected chi connectivity index (χ4v) is 2.73. The molecule has 8 heteroatoms. The van der Waals surface area contributed by atoms with Gasteiger partial charge in [0.25, 0.3) is 0 Å². The molecule has 0 aliphatic rings. The van der Waals surface area contributed by atoms with Gasteiger partial charge in [-0.15, -0.1) is 0 Å². The van der Waals surface area contributed by atoms with Gasteiger partial charge in [0.05, 0.1) is 22.6 Å². The Balaban J connectivity index is 1.97. The molecule has 2 aromatic rings. The molecule has 0 spiro atoms. The summed E-state index contributed by atoms with van der Waals surface area (Å²) >= 11 is 23.5. The topological polar surface area (TPSA) is 58.6 Å². The standard InChI is InChI=1S/C16H12Cl4O4/c17-9-1-3-13(11(19)7-9)23-6-5-15(16(21)22)24-14-4-2-10(18)8-12(14)20/h1-4,7-8,15H,5-6H2,(H,21,22)/p-1. The van der Waals surface area contributed by atoms with Crippen LogP contribution < -0.4 is 14.6 Å². The maximum absolute atomic E-state index is 11.2. The van der Waals surface area contributed by atoms with Gasteiger partial charge >= 0.3 is 0 Å². The quantitative estimate of drug-likeness (QED) is 0.686. The minimum atomic E-state index is -1.38. The number of rotatable bonds is 7. The van der Waals surface area contributed by atoms with Gasteiger partial charge in [-0.1, -0.05) is 46.4 Å². The predicted molar refractivity (Wildman–Crippen MR) is 92.5 cm³/mol. The maximum atomic E-state index is 11.2. The van der Waals surface area contributed by atoms with Gasteiger partial charge in [0, 0.05) is 16.5 Å². The summed E-state index contributed by atoms with van der Waals surface area (Å²) < 4.78 is 10.8. The van der Waals surface area contributed by atoms with Crippen molar-refractivity contribution in [2.45, 2.75) is 12.5 Å². The number of carboxylic acid groups (broad SMARTS) is 1. The summed E-state index contributed by atoms with van der Waals surface area (Å²) in [6.45, 7) is 0.0468. The van der Waals surface area contributed by atoms with E-state index in [1.54, 1.807) is 18.2 Å². The first-order valence-electron chi connectivity index (χ1n) is 6.77. The second-order valence-corrected chi connectivity index (χ2v) is 6.40. The molecule has 0 aliphatic heterocycles. The molecule has 0 fully saturated rings. The number of halogens is 4. The Morgan fingerprint density at radius 2 is 1.50 bits per heavy atom. The van der Waals surface area contributed by atoms with Crippen molar-refractivity contribution >= 4 is 52.4 Å². The molecular formula is C16H11Cl4O4-. The Hall–Kier alpha value is -1.33. The van der Waals surface area contributed by atoms with Crippen molar-refractivity contribution in [2.75, 3.05) is 6.61 Å². The van der Waals surface area contributed by atoms with E-state index in [4.69, 9.17) is 55.9 Å². The van der Waals surface area contributed by atoms with Crippen LogP contribution in [0, 0.1) is 0 Å². The van der Waals surface area contributed by atoms with Crippen LogP contribution in [0.25, 0.3) is 0 Å². The lowest BCUT2D eigenvalue weighted by Gasteiger charge is -2.21. The third-order valence-electron chi connectivity index (χ3n) is 2.96. The molecule has 1 atom stereocenters. The van der Waals surface area contributed by atoms with E-state index in [0.29, 0.717) is 20.8 Å². The van der Waals surface area contributed by atoms with Crippen LogP contribution in [0.15, 0.2) is 36.4 Å². The fourth-order valence-electron chi connectivity index (χ4n) is 1.82.